The van der Waals surface area contributed by atoms with Gasteiger partial charge in [-0.25, -0.2) is 4.79 Å². The minimum atomic E-state index is -1.50. The molecule has 0 unspecified atom stereocenters. The number of rotatable bonds is 49. The highest BCUT2D eigenvalue weighted by Gasteiger charge is 2.37. The second-order valence-electron chi connectivity index (χ2n) is 22.4. The smallest absolute Gasteiger partial charge is 0.326 e. The van der Waals surface area contributed by atoms with E-state index in [2.05, 4.69) is 79.8 Å². The number of hydrogen-bond donors (Lipinski definition) is 31. The monoisotopic (exact) mass is 1340 g/mol. The van der Waals surface area contributed by atoms with Crippen LogP contribution in [0.2, 0.25) is 0 Å². The van der Waals surface area contributed by atoms with E-state index in [9.17, 15) is 48.3 Å². The van der Waals surface area contributed by atoms with Crippen LogP contribution < -0.4 is 126 Å². The zero-order valence-corrected chi connectivity index (χ0v) is 54.4. The Balaban J connectivity index is 7.39. The first-order valence-corrected chi connectivity index (χ1v) is 31.2. The van der Waals surface area contributed by atoms with Crippen molar-refractivity contribution in [2.75, 3.05) is 45.8 Å². The molecule has 0 saturated carbocycles. The van der Waals surface area contributed by atoms with Crippen molar-refractivity contribution in [1.29, 1.82) is 37.9 Å². The summed E-state index contributed by atoms with van der Waals surface area (Å²) in [7, 11) is 0. The Labute approximate surface area is 547 Å². The second kappa shape index (κ2) is 47.0. The molecule has 40 nitrogen and oxygen atoms in total. The van der Waals surface area contributed by atoms with Crippen LogP contribution in [-0.2, 0) is 43.2 Å². The molecule has 11 atom stereocenters. The van der Waals surface area contributed by atoms with E-state index in [1.807, 2.05) is 0 Å². The molecule has 0 aliphatic heterocycles. The highest BCUT2D eigenvalue weighted by atomic mass is 16.4. The summed E-state index contributed by atoms with van der Waals surface area (Å²) in [6.07, 6.45) is 1.16. The topological polar surface area (TPSA) is 729 Å². The van der Waals surface area contributed by atoms with Gasteiger partial charge >= 0.3 is 5.97 Å². The lowest BCUT2D eigenvalue weighted by Gasteiger charge is -2.30. The van der Waals surface area contributed by atoms with Crippen molar-refractivity contribution >= 4 is 94.9 Å². The van der Waals surface area contributed by atoms with Gasteiger partial charge < -0.3 is 131 Å². The van der Waals surface area contributed by atoms with Crippen molar-refractivity contribution in [2.24, 2.45) is 57.7 Å². The van der Waals surface area contributed by atoms with E-state index in [-0.39, 0.29) is 160 Å². The van der Waals surface area contributed by atoms with E-state index in [1.54, 1.807) is 27.7 Å². The Morgan fingerprint density at radius 2 is 0.500 bits per heavy atom. The van der Waals surface area contributed by atoms with E-state index in [0.717, 1.165) is 0 Å². The van der Waals surface area contributed by atoms with Crippen molar-refractivity contribution < 1.29 is 48.3 Å². The molecule has 0 aliphatic rings. The normalized spacial score (nSPS) is 14.3. The molecule has 0 aromatic rings. The maximum absolute atomic E-state index is 14.7. The van der Waals surface area contributed by atoms with Gasteiger partial charge in [-0.05, 0) is 102 Å². The van der Waals surface area contributed by atoms with Gasteiger partial charge in [-0.15, -0.1) is 0 Å². The molecule has 0 spiro atoms. The molecule has 0 fully saturated rings. The van der Waals surface area contributed by atoms with Crippen LogP contribution in [0.5, 0.6) is 0 Å². The number of carbonyl (C=O) groups is 9. The molecule has 40 heteroatoms. The van der Waals surface area contributed by atoms with Gasteiger partial charge in [0.05, 0.1) is 6.04 Å². The molecule has 0 heterocycles. The first-order valence-electron chi connectivity index (χ1n) is 31.2. The third kappa shape index (κ3) is 38.1. The van der Waals surface area contributed by atoms with Crippen LogP contribution >= 0.6 is 0 Å². The minimum absolute atomic E-state index is 0.0108. The van der Waals surface area contributed by atoms with Gasteiger partial charge in [0.1, 0.15) is 48.3 Å². The molecule has 0 radical (unpaired) electrons. The summed E-state index contributed by atoms with van der Waals surface area (Å²) in [4.78, 5) is 127. The average molecular weight is 1340 g/mol. The van der Waals surface area contributed by atoms with Crippen LogP contribution in [0.15, 0.2) is 0 Å². The molecule has 0 bridgehead atoms. The summed E-state index contributed by atoms with van der Waals surface area (Å²) in [5.41, 5.74) is 44.3. The highest BCUT2D eigenvalue weighted by molar-refractivity contribution is 5.98. The number of aliphatic carboxylic acids is 1. The Bertz CT molecular complexity index is 2530. The van der Waals surface area contributed by atoms with Crippen molar-refractivity contribution in [1.82, 2.24) is 79.8 Å². The van der Waals surface area contributed by atoms with Crippen LogP contribution in [0.25, 0.3) is 0 Å². The zero-order chi connectivity index (χ0) is 71.5. The van der Waals surface area contributed by atoms with Crippen molar-refractivity contribution in [3.05, 3.63) is 0 Å². The fraction of sp³-hybridized carbons (Fsp3) is 0.704. The van der Waals surface area contributed by atoms with Crippen LogP contribution in [0.4, 0.5) is 0 Å². The van der Waals surface area contributed by atoms with E-state index >= 15 is 0 Å². The van der Waals surface area contributed by atoms with Crippen LogP contribution in [-0.4, -0.2) is 200 Å². The molecule has 0 aromatic carbocycles. The lowest BCUT2D eigenvalue weighted by Crippen LogP contribution is -2.61. The van der Waals surface area contributed by atoms with E-state index in [4.69, 9.17) is 83.7 Å². The number of carboxylic acids is 1. The number of nitrogens with two attached hydrogens (primary N) is 8. The number of amides is 8. The average Bonchev–Trinajstić information content (AvgIpc) is 0.895. The number of carboxylic acid groups (broad SMARTS) is 1. The van der Waals surface area contributed by atoms with Gasteiger partial charge in [0, 0.05) is 45.8 Å². The van der Waals surface area contributed by atoms with Crippen molar-refractivity contribution in [3.8, 4) is 0 Å². The lowest BCUT2D eigenvalue weighted by molar-refractivity contribution is -0.142. The van der Waals surface area contributed by atoms with Crippen molar-refractivity contribution in [3.63, 3.8) is 0 Å². The number of hydrogen-bond acceptors (Lipinski definition) is 17. The number of guanidine groups is 7. The molecule has 39 N–H and O–H groups in total. The molecule has 0 rings (SSSR count). The van der Waals surface area contributed by atoms with Gasteiger partial charge in [-0.1, -0.05) is 40.5 Å². The van der Waals surface area contributed by atoms with Gasteiger partial charge in [0.2, 0.25) is 47.3 Å². The fourth-order valence-electron chi connectivity index (χ4n) is 8.98. The van der Waals surface area contributed by atoms with Gasteiger partial charge in [0.15, 0.2) is 41.7 Å². The van der Waals surface area contributed by atoms with E-state index < -0.39 is 137 Å². The van der Waals surface area contributed by atoms with Crippen LogP contribution in [0, 0.1) is 49.7 Å². The van der Waals surface area contributed by atoms with Crippen LogP contribution in [0.3, 0.4) is 0 Å². The first kappa shape index (κ1) is 84.1. The Hall–Kier alpha value is -9.92. The Morgan fingerprint density at radius 1 is 0.309 bits per heavy atom. The summed E-state index contributed by atoms with van der Waals surface area (Å²) in [5.74, 6) is -12.0. The molecule has 94 heavy (non-hydrogen) atoms. The maximum atomic E-state index is 14.7. The van der Waals surface area contributed by atoms with Crippen LogP contribution in [0.1, 0.15) is 130 Å². The molecular formula is C54H108N30O10. The minimum Gasteiger partial charge on any atom is -0.480 e. The molecule has 8 amide bonds. The third-order valence-corrected chi connectivity index (χ3v) is 14.6. The second-order valence-corrected chi connectivity index (χ2v) is 22.4. The summed E-state index contributed by atoms with van der Waals surface area (Å²) < 4.78 is 0. The fourth-order valence-corrected chi connectivity index (χ4v) is 8.98. The molecular weight excluding hydrogens is 1230 g/mol. The molecule has 0 aromatic heterocycles. The maximum Gasteiger partial charge on any atom is 0.326 e. The standard InChI is InChI=1S/C54H108N30O10/c1-5-28(3)37(83-43(89)34(18-11-25-74-52(64)65)77-39(85)30(55)14-7-21-70-48(56)57)45(91)80-32(16-9-23-72-50(60)61)41(87)78-31(15-8-22-71-49(58)59)40(86)79-35(19-12-26-75-53(66)67)44(90)84-38(29(4)6-2)46(92)81-33(17-10-24-73-51(62)63)42(88)82-36(47(93)94)20-13-27-76-54(68)69/h28-38H,5-27,55H2,1-4H3,(H,77,85)(H,78,87)(H,79,86)(H,80,91)(H,81,92)(H,82,88)(H,83,89)(H,84,90)(H,93,94)(H4,56,57,70)(H4,58,59,71)(H4,60,61,72)(H4,62,63,73)(H4,64,65,74)(H4,66,67,75)(H4,68,69,76)/t28-,29-,30-,31-,32-,33-,34-,35-,36-,37-,38-/m0/s1. The summed E-state index contributed by atoms with van der Waals surface area (Å²) >= 11 is 0. The number of carbonyl (C=O) groups excluding carboxylic acids is 8. The predicted molar refractivity (Wildman–Crippen MR) is 354 cm³/mol. The van der Waals surface area contributed by atoms with Gasteiger partial charge in [-0.3, -0.25) is 76.2 Å². The van der Waals surface area contributed by atoms with E-state index in [0.29, 0.717) is 12.8 Å². The zero-order valence-electron chi connectivity index (χ0n) is 54.4. The lowest BCUT2D eigenvalue weighted by atomic mass is 9.96. The summed E-state index contributed by atoms with van der Waals surface area (Å²) in [6.45, 7) is 7.45. The quantitative estimate of drug-likeness (QED) is 0.0153. The largest absolute Gasteiger partial charge is 0.480 e. The Kier molecular flexibility index (Phi) is 42.1. The molecule has 0 aliphatic carbocycles. The molecule has 534 valence electrons. The van der Waals surface area contributed by atoms with E-state index in [1.165, 1.54) is 0 Å². The highest BCUT2D eigenvalue weighted by Crippen LogP contribution is 2.15. The Morgan fingerprint density at radius 3 is 0.723 bits per heavy atom. The predicted octanol–water partition coefficient (Wildman–Crippen LogP) is -7.79. The SMILES string of the molecule is CC[C@H](C)[C@H](NC(=O)[C@H](CCCNC(=N)N)NC(=O)[C@H](CCCNC(=N)N)NC(=O)[C@H](CCCNC(=N)N)NC(=O)[C@@H](NC(=O)[C@H](CCCNC(=N)N)NC(=O)[C@@H](N)CCCNC(=N)N)[C@@H](C)CC)C(=O)N[C@@H](CCCNC(=N)N)C(=O)N[C@@H](CCCNC(=N)N)C(=O)O. The molecule has 0 saturated heterocycles. The number of nitrogens with one attached hydrogen (secondary N) is 22. The van der Waals surface area contributed by atoms with Gasteiger partial charge in [-0.2, -0.15) is 0 Å². The summed E-state index contributed by atoms with van der Waals surface area (Å²) in [6, 6.07) is -12.4. The van der Waals surface area contributed by atoms with Crippen molar-refractivity contribution in [2.45, 2.75) is 185 Å². The first-order chi connectivity index (χ1) is 44.2. The van der Waals surface area contributed by atoms with Gasteiger partial charge in [0.25, 0.3) is 0 Å². The summed E-state index contributed by atoms with van der Waals surface area (Å²) in [5, 5.41) is 102. The third-order valence-electron chi connectivity index (χ3n) is 14.6.